The first kappa shape index (κ1) is 12.6. The van der Waals surface area contributed by atoms with Gasteiger partial charge in [0.25, 0.3) is 5.69 Å². The van der Waals surface area contributed by atoms with E-state index in [0.29, 0.717) is 6.04 Å². The number of non-ortho nitro benzene ring substituents is 1. The Bertz CT molecular complexity index is 349. The zero-order chi connectivity index (χ0) is 12.0. The van der Waals surface area contributed by atoms with Crippen molar-refractivity contribution in [3.63, 3.8) is 0 Å². The normalized spacial score (nSPS) is 12.4. The molecule has 88 valence electrons. The molecule has 0 aliphatic heterocycles. The van der Waals surface area contributed by atoms with Crippen LogP contribution in [0, 0.1) is 10.1 Å². The molecule has 0 aromatic heterocycles. The molecule has 0 spiro atoms. The summed E-state index contributed by atoms with van der Waals surface area (Å²) in [5.41, 5.74) is 1.21. The van der Waals surface area contributed by atoms with Gasteiger partial charge < -0.3 is 5.32 Å². The lowest BCUT2D eigenvalue weighted by molar-refractivity contribution is -0.384. The maximum Gasteiger partial charge on any atom is 0.269 e. The number of benzene rings is 1. The van der Waals surface area contributed by atoms with E-state index in [1.807, 2.05) is 13.1 Å². The minimum atomic E-state index is -0.348. The second-order valence-corrected chi connectivity index (χ2v) is 3.86. The predicted octanol–water partition coefficient (Wildman–Crippen LogP) is 2.53. The summed E-state index contributed by atoms with van der Waals surface area (Å²) < 4.78 is 0. The number of nitro groups is 1. The number of hydrogen-bond acceptors (Lipinski definition) is 3. The first-order valence-corrected chi connectivity index (χ1v) is 5.58. The van der Waals surface area contributed by atoms with E-state index >= 15 is 0 Å². The van der Waals surface area contributed by atoms with E-state index in [1.54, 1.807) is 12.1 Å². The molecule has 1 N–H and O–H groups in total. The third-order valence-electron chi connectivity index (χ3n) is 2.80. The molecule has 0 radical (unpaired) electrons. The number of hydrogen-bond donors (Lipinski definition) is 1. The third kappa shape index (κ3) is 3.62. The van der Waals surface area contributed by atoms with Crippen LogP contribution in [-0.4, -0.2) is 18.0 Å². The van der Waals surface area contributed by atoms with Crippen molar-refractivity contribution in [1.82, 2.24) is 5.32 Å². The fourth-order valence-electron chi connectivity index (χ4n) is 1.72. The fraction of sp³-hybridized carbons (Fsp3) is 0.500. The van der Waals surface area contributed by atoms with Crippen LogP contribution in [0.15, 0.2) is 24.3 Å². The Balaban J connectivity index is 2.60. The van der Waals surface area contributed by atoms with Crippen molar-refractivity contribution < 1.29 is 4.92 Å². The molecule has 1 aromatic carbocycles. The van der Waals surface area contributed by atoms with Gasteiger partial charge in [-0.25, -0.2) is 0 Å². The van der Waals surface area contributed by atoms with E-state index in [2.05, 4.69) is 12.2 Å². The van der Waals surface area contributed by atoms with E-state index in [4.69, 9.17) is 0 Å². The number of nitrogens with one attached hydrogen (secondary N) is 1. The second-order valence-electron chi connectivity index (χ2n) is 3.86. The van der Waals surface area contributed by atoms with Gasteiger partial charge >= 0.3 is 0 Å². The molecule has 1 unspecified atom stereocenters. The Morgan fingerprint density at radius 1 is 1.50 bits per heavy atom. The van der Waals surface area contributed by atoms with Crippen LogP contribution in [-0.2, 0) is 6.42 Å². The van der Waals surface area contributed by atoms with E-state index in [9.17, 15) is 10.1 Å². The zero-order valence-corrected chi connectivity index (χ0v) is 9.77. The Morgan fingerprint density at radius 3 is 2.81 bits per heavy atom. The van der Waals surface area contributed by atoms with Crippen LogP contribution in [0.4, 0.5) is 5.69 Å². The Hall–Kier alpha value is -1.42. The van der Waals surface area contributed by atoms with Gasteiger partial charge in [0, 0.05) is 18.2 Å². The highest BCUT2D eigenvalue weighted by atomic mass is 16.6. The molecule has 0 heterocycles. The second kappa shape index (κ2) is 6.23. The van der Waals surface area contributed by atoms with Gasteiger partial charge in [-0.05, 0) is 31.9 Å². The molecular formula is C12H18N2O2. The summed E-state index contributed by atoms with van der Waals surface area (Å²) in [5, 5.41) is 13.8. The Morgan fingerprint density at radius 2 is 2.25 bits per heavy atom. The van der Waals surface area contributed by atoms with Crippen molar-refractivity contribution in [2.75, 3.05) is 7.05 Å². The van der Waals surface area contributed by atoms with Gasteiger partial charge in [-0.3, -0.25) is 10.1 Å². The van der Waals surface area contributed by atoms with Crippen molar-refractivity contribution in [3.05, 3.63) is 39.9 Å². The predicted molar refractivity (Wildman–Crippen MR) is 64.6 cm³/mol. The summed E-state index contributed by atoms with van der Waals surface area (Å²) in [5.74, 6) is 0. The van der Waals surface area contributed by atoms with E-state index in [-0.39, 0.29) is 10.6 Å². The van der Waals surface area contributed by atoms with Crippen molar-refractivity contribution in [2.24, 2.45) is 0 Å². The number of nitro benzene ring substituents is 1. The minimum Gasteiger partial charge on any atom is -0.317 e. The van der Waals surface area contributed by atoms with Crippen molar-refractivity contribution in [3.8, 4) is 0 Å². The monoisotopic (exact) mass is 222 g/mol. The lowest BCUT2D eigenvalue weighted by Crippen LogP contribution is -2.24. The quantitative estimate of drug-likeness (QED) is 0.594. The summed E-state index contributed by atoms with van der Waals surface area (Å²) in [7, 11) is 1.95. The molecule has 0 amide bonds. The third-order valence-corrected chi connectivity index (χ3v) is 2.80. The van der Waals surface area contributed by atoms with Gasteiger partial charge in [0.15, 0.2) is 0 Å². The molecule has 0 aliphatic rings. The maximum absolute atomic E-state index is 10.6. The largest absolute Gasteiger partial charge is 0.317 e. The number of nitrogens with zero attached hydrogens (tertiary/aromatic N) is 1. The molecule has 1 rings (SSSR count). The summed E-state index contributed by atoms with van der Waals surface area (Å²) in [6.45, 7) is 2.13. The van der Waals surface area contributed by atoms with Crippen LogP contribution in [0.2, 0.25) is 0 Å². The van der Waals surface area contributed by atoms with Crippen LogP contribution in [0.1, 0.15) is 25.3 Å². The Kier molecular flexibility index (Phi) is 4.92. The highest BCUT2D eigenvalue weighted by molar-refractivity contribution is 5.34. The standard InChI is InChI=1S/C12H18N2O2/c1-3-11(13-2)8-7-10-5-4-6-12(9-10)14(15)16/h4-6,9,11,13H,3,7-8H2,1-2H3. The summed E-state index contributed by atoms with van der Waals surface area (Å²) in [6.07, 6.45) is 2.96. The van der Waals surface area contributed by atoms with Crippen LogP contribution in [0.3, 0.4) is 0 Å². The summed E-state index contributed by atoms with van der Waals surface area (Å²) in [4.78, 5) is 10.2. The van der Waals surface area contributed by atoms with Gasteiger partial charge in [0.05, 0.1) is 4.92 Å². The van der Waals surface area contributed by atoms with Crippen molar-refractivity contribution in [2.45, 2.75) is 32.2 Å². The highest BCUT2D eigenvalue weighted by Gasteiger charge is 2.07. The van der Waals surface area contributed by atoms with Crippen LogP contribution in [0.5, 0.6) is 0 Å². The van der Waals surface area contributed by atoms with Crippen molar-refractivity contribution >= 4 is 5.69 Å². The van der Waals surface area contributed by atoms with Gasteiger partial charge in [0.1, 0.15) is 0 Å². The molecule has 0 aliphatic carbocycles. The van der Waals surface area contributed by atoms with Crippen LogP contribution in [0.25, 0.3) is 0 Å². The molecule has 4 heteroatoms. The summed E-state index contributed by atoms with van der Waals surface area (Å²) in [6, 6.07) is 7.35. The van der Waals surface area contributed by atoms with Gasteiger partial charge in [0.2, 0.25) is 0 Å². The molecular weight excluding hydrogens is 204 g/mol. The average Bonchev–Trinajstić information content (AvgIpc) is 2.31. The zero-order valence-electron chi connectivity index (χ0n) is 9.77. The number of rotatable bonds is 6. The topological polar surface area (TPSA) is 55.2 Å². The molecule has 0 bridgehead atoms. The highest BCUT2D eigenvalue weighted by Crippen LogP contribution is 2.15. The van der Waals surface area contributed by atoms with Crippen molar-refractivity contribution in [1.29, 1.82) is 0 Å². The summed E-state index contributed by atoms with van der Waals surface area (Å²) >= 11 is 0. The molecule has 0 fully saturated rings. The Labute approximate surface area is 95.8 Å². The first-order valence-electron chi connectivity index (χ1n) is 5.58. The molecule has 1 aromatic rings. The van der Waals surface area contributed by atoms with E-state index in [0.717, 1.165) is 24.8 Å². The first-order chi connectivity index (χ1) is 7.67. The number of aryl methyl sites for hydroxylation is 1. The fourth-order valence-corrected chi connectivity index (χ4v) is 1.72. The molecule has 1 atom stereocenters. The minimum absolute atomic E-state index is 0.176. The smallest absolute Gasteiger partial charge is 0.269 e. The molecule has 16 heavy (non-hydrogen) atoms. The van der Waals surface area contributed by atoms with Gasteiger partial charge in [-0.15, -0.1) is 0 Å². The lowest BCUT2D eigenvalue weighted by atomic mass is 10.0. The maximum atomic E-state index is 10.6. The molecule has 0 saturated heterocycles. The average molecular weight is 222 g/mol. The molecule has 4 nitrogen and oxygen atoms in total. The van der Waals surface area contributed by atoms with Gasteiger partial charge in [-0.2, -0.15) is 0 Å². The van der Waals surface area contributed by atoms with E-state index in [1.165, 1.54) is 6.07 Å². The van der Waals surface area contributed by atoms with Gasteiger partial charge in [-0.1, -0.05) is 19.1 Å². The van der Waals surface area contributed by atoms with E-state index < -0.39 is 0 Å². The van der Waals surface area contributed by atoms with Crippen LogP contribution >= 0.6 is 0 Å². The molecule has 0 saturated carbocycles. The SMILES string of the molecule is CCC(CCc1cccc([N+](=O)[O-])c1)NC. The van der Waals surface area contributed by atoms with Crippen LogP contribution < -0.4 is 5.32 Å². The lowest BCUT2D eigenvalue weighted by Gasteiger charge is -2.13.